The fourth-order valence-electron chi connectivity index (χ4n) is 2.87. The Morgan fingerprint density at radius 1 is 1.24 bits per heavy atom. The van der Waals surface area contributed by atoms with Gasteiger partial charge in [0.25, 0.3) is 0 Å². The summed E-state index contributed by atoms with van der Waals surface area (Å²) in [4.78, 5) is 14.3. The third kappa shape index (κ3) is 4.64. The first-order valence-corrected chi connectivity index (χ1v) is 9.66. The Bertz CT molecular complexity index is 702. The molecule has 1 atom stereocenters. The summed E-state index contributed by atoms with van der Waals surface area (Å²) < 4.78 is 32.0. The molecule has 1 aromatic carbocycles. The van der Waals surface area contributed by atoms with Crippen molar-refractivity contribution in [2.45, 2.75) is 10.9 Å². The maximum absolute atomic E-state index is 12.6. The number of nitrogens with one attached hydrogen (secondary N) is 1. The number of carbonyl (C=O) groups is 1. The summed E-state index contributed by atoms with van der Waals surface area (Å²) in [6, 6.07) is 5.88. The first kappa shape index (κ1) is 20.4. The number of sulfonamides is 1. The van der Waals surface area contributed by atoms with Crippen LogP contribution < -0.4 is 5.32 Å². The molecule has 0 saturated carbocycles. The number of hydrogen-bond acceptors (Lipinski definition) is 5. The van der Waals surface area contributed by atoms with E-state index in [0.717, 1.165) is 0 Å². The second-order valence-electron chi connectivity index (χ2n) is 5.77. The molecule has 0 aromatic heterocycles. The van der Waals surface area contributed by atoms with Gasteiger partial charge >= 0.3 is 0 Å². The van der Waals surface area contributed by atoms with Crippen molar-refractivity contribution in [3.8, 4) is 0 Å². The average molecular weight is 410 g/mol. The number of piperazine rings is 1. The van der Waals surface area contributed by atoms with E-state index >= 15 is 0 Å². The lowest BCUT2D eigenvalue weighted by atomic mass is 10.2. The normalized spacial score (nSPS) is 22.3. The Kier molecular flexibility index (Phi) is 7.07. The van der Waals surface area contributed by atoms with Gasteiger partial charge in [-0.1, -0.05) is 17.7 Å². The number of rotatable bonds is 3. The summed E-state index contributed by atoms with van der Waals surface area (Å²) in [5, 5.41) is 3.51. The fourth-order valence-corrected chi connectivity index (χ4v) is 4.59. The number of benzene rings is 1. The van der Waals surface area contributed by atoms with E-state index in [0.29, 0.717) is 37.9 Å². The second kappa shape index (κ2) is 8.66. The summed E-state index contributed by atoms with van der Waals surface area (Å²) in [7, 11) is -3.59. The second-order valence-corrected chi connectivity index (χ2v) is 8.14. The highest BCUT2D eigenvalue weighted by molar-refractivity contribution is 7.89. The molecule has 140 valence electrons. The lowest BCUT2D eigenvalue weighted by molar-refractivity contribution is -0.137. The Hall–Kier alpha value is -0.900. The van der Waals surface area contributed by atoms with Gasteiger partial charge in [0.2, 0.25) is 15.9 Å². The lowest BCUT2D eigenvalue weighted by Gasteiger charge is -2.36. The van der Waals surface area contributed by atoms with Crippen LogP contribution >= 0.6 is 24.0 Å². The zero-order valence-corrected chi connectivity index (χ0v) is 15.9. The monoisotopic (exact) mass is 409 g/mol. The standard InChI is InChI=1S/C15H20ClN3O4S.ClH/c16-12-2-1-3-13(10-12)24(21,22)19-7-5-18(6-8-19)15(20)14-11-23-9-4-17-14;/h1-3,10,14,17H,4-9,11H2;1H. The summed E-state index contributed by atoms with van der Waals surface area (Å²) in [6.45, 7) is 2.91. The van der Waals surface area contributed by atoms with Crippen LogP contribution in [0.1, 0.15) is 0 Å². The third-order valence-corrected chi connectivity index (χ3v) is 6.33. The van der Waals surface area contributed by atoms with E-state index < -0.39 is 10.0 Å². The molecule has 2 heterocycles. The fraction of sp³-hybridized carbons (Fsp3) is 0.533. The predicted molar refractivity (Wildman–Crippen MR) is 96.6 cm³/mol. The van der Waals surface area contributed by atoms with E-state index in [4.69, 9.17) is 16.3 Å². The van der Waals surface area contributed by atoms with Crippen molar-refractivity contribution in [1.29, 1.82) is 0 Å². The summed E-state index contributed by atoms with van der Waals surface area (Å²) in [5.74, 6) is -0.0329. The number of morpholine rings is 1. The zero-order chi connectivity index (χ0) is 17.2. The number of ether oxygens (including phenoxy) is 1. The topological polar surface area (TPSA) is 79.0 Å². The van der Waals surface area contributed by atoms with Gasteiger partial charge in [-0.3, -0.25) is 4.79 Å². The summed E-state index contributed by atoms with van der Waals surface area (Å²) in [5.41, 5.74) is 0. The van der Waals surface area contributed by atoms with Crippen LogP contribution in [0, 0.1) is 0 Å². The highest BCUT2D eigenvalue weighted by atomic mass is 35.5. The molecule has 0 radical (unpaired) electrons. The largest absolute Gasteiger partial charge is 0.378 e. The molecule has 2 fully saturated rings. The highest BCUT2D eigenvalue weighted by Gasteiger charge is 2.33. The highest BCUT2D eigenvalue weighted by Crippen LogP contribution is 2.21. The van der Waals surface area contributed by atoms with Gasteiger partial charge in [0.1, 0.15) is 6.04 Å². The number of halogens is 2. The van der Waals surface area contributed by atoms with E-state index in [1.54, 1.807) is 17.0 Å². The van der Waals surface area contributed by atoms with Crippen molar-refractivity contribution >= 4 is 39.9 Å². The Labute approximate surface area is 158 Å². The van der Waals surface area contributed by atoms with Gasteiger partial charge in [0.05, 0.1) is 18.1 Å². The number of carbonyl (C=O) groups excluding carboxylic acids is 1. The quantitative estimate of drug-likeness (QED) is 0.789. The summed E-state index contributed by atoms with van der Waals surface area (Å²) in [6.07, 6.45) is 0. The molecule has 2 aliphatic heterocycles. The predicted octanol–water partition coefficient (Wildman–Crippen LogP) is 0.583. The van der Waals surface area contributed by atoms with Crippen LogP contribution in [-0.4, -0.2) is 75.5 Å². The molecule has 1 aromatic rings. The van der Waals surface area contributed by atoms with Crippen LogP contribution in [0.5, 0.6) is 0 Å². The Morgan fingerprint density at radius 3 is 2.56 bits per heavy atom. The summed E-state index contributed by atoms with van der Waals surface area (Å²) >= 11 is 5.89. The molecule has 10 heteroatoms. The molecule has 0 bridgehead atoms. The molecular formula is C15H21Cl2N3O4S. The Morgan fingerprint density at radius 2 is 1.96 bits per heavy atom. The van der Waals surface area contributed by atoms with E-state index in [1.165, 1.54) is 16.4 Å². The smallest absolute Gasteiger partial charge is 0.243 e. The van der Waals surface area contributed by atoms with Crippen molar-refractivity contribution < 1.29 is 17.9 Å². The van der Waals surface area contributed by atoms with Gasteiger partial charge in [0.15, 0.2) is 0 Å². The average Bonchev–Trinajstić information content (AvgIpc) is 2.62. The molecule has 1 amide bonds. The van der Waals surface area contributed by atoms with E-state index in [9.17, 15) is 13.2 Å². The van der Waals surface area contributed by atoms with Gasteiger partial charge in [-0.05, 0) is 18.2 Å². The molecule has 7 nitrogen and oxygen atoms in total. The van der Waals surface area contributed by atoms with Gasteiger partial charge in [-0.2, -0.15) is 4.31 Å². The maximum Gasteiger partial charge on any atom is 0.243 e. The lowest BCUT2D eigenvalue weighted by Crippen LogP contribution is -2.57. The molecule has 0 aliphatic carbocycles. The molecule has 3 rings (SSSR count). The molecule has 25 heavy (non-hydrogen) atoms. The number of amides is 1. The zero-order valence-electron chi connectivity index (χ0n) is 13.6. The number of hydrogen-bond donors (Lipinski definition) is 1. The van der Waals surface area contributed by atoms with E-state index in [1.807, 2.05) is 0 Å². The molecular weight excluding hydrogens is 389 g/mol. The first-order chi connectivity index (χ1) is 11.5. The molecule has 1 N–H and O–H groups in total. The van der Waals surface area contributed by atoms with Crippen molar-refractivity contribution in [2.75, 3.05) is 45.9 Å². The number of nitrogens with zero attached hydrogens (tertiary/aromatic N) is 2. The van der Waals surface area contributed by atoms with Gasteiger partial charge < -0.3 is 15.0 Å². The van der Waals surface area contributed by atoms with Crippen LogP contribution in [0.25, 0.3) is 0 Å². The van der Waals surface area contributed by atoms with Crippen LogP contribution in [-0.2, 0) is 19.6 Å². The minimum Gasteiger partial charge on any atom is -0.378 e. The van der Waals surface area contributed by atoms with Gasteiger partial charge in [-0.15, -0.1) is 12.4 Å². The van der Waals surface area contributed by atoms with Crippen molar-refractivity contribution in [2.24, 2.45) is 0 Å². The minimum atomic E-state index is -3.59. The molecule has 0 spiro atoms. The van der Waals surface area contributed by atoms with Gasteiger partial charge in [0, 0.05) is 37.7 Å². The van der Waals surface area contributed by atoms with E-state index in [2.05, 4.69) is 5.32 Å². The third-order valence-electron chi connectivity index (χ3n) is 4.20. The van der Waals surface area contributed by atoms with Crippen LogP contribution in [0.2, 0.25) is 5.02 Å². The molecule has 2 aliphatic rings. The van der Waals surface area contributed by atoms with Crippen LogP contribution in [0.15, 0.2) is 29.2 Å². The first-order valence-electron chi connectivity index (χ1n) is 7.84. The van der Waals surface area contributed by atoms with Crippen LogP contribution in [0.4, 0.5) is 0 Å². The molecule has 1 unspecified atom stereocenters. The molecule has 2 saturated heterocycles. The van der Waals surface area contributed by atoms with Crippen molar-refractivity contribution in [3.63, 3.8) is 0 Å². The van der Waals surface area contributed by atoms with E-state index in [-0.39, 0.29) is 42.3 Å². The maximum atomic E-state index is 12.6. The Balaban J connectivity index is 0.00000225. The SMILES string of the molecule is Cl.O=C(C1COCCN1)N1CCN(S(=O)(=O)c2cccc(Cl)c2)CC1. The minimum absolute atomic E-state index is 0. The van der Waals surface area contributed by atoms with Gasteiger partial charge in [-0.25, -0.2) is 8.42 Å². The van der Waals surface area contributed by atoms with Crippen LogP contribution in [0.3, 0.4) is 0 Å². The van der Waals surface area contributed by atoms with Crippen molar-refractivity contribution in [1.82, 2.24) is 14.5 Å². The van der Waals surface area contributed by atoms with Crippen molar-refractivity contribution in [3.05, 3.63) is 29.3 Å².